The Morgan fingerprint density at radius 2 is 0.893 bits per heavy atom. The van der Waals surface area contributed by atoms with Crippen LogP contribution < -0.4 is 0 Å². The molecule has 0 spiro atoms. The van der Waals surface area contributed by atoms with Gasteiger partial charge in [0.1, 0.15) is 11.5 Å². The first-order valence-electron chi connectivity index (χ1n) is 9.34. The maximum Gasteiger partial charge on any atom is 0.115 e. The van der Waals surface area contributed by atoms with Crippen LogP contribution in [0.4, 0.5) is 0 Å². The molecule has 0 aliphatic carbocycles. The van der Waals surface area contributed by atoms with Crippen LogP contribution in [0.25, 0.3) is 0 Å². The fourth-order valence-corrected chi connectivity index (χ4v) is 2.72. The van der Waals surface area contributed by atoms with Crippen LogP contribution >= 0.6 is 0 Å². The number of rotatable bonds is 8. The van der Waals surface area contributed by atoms with E-state index in [-0.39, 0.29) is 11.5 Å². The zero-order chi connectivity index (χ0) is 19.6. The number of benzene rings is 3. The Kier molecular flexibility index (Phi) is 6.96. The van der Waals surface area contributed by atoms with Gasteiger partial charge in [-0.25, -0.2) is 0 Å². The molecule has 28 heavy (non-hydrogen) atoms. The summed E-state index contributed by atoms with van der Waals surface area (Å²) in [5.41, 5.74) is 4.45. The third-order valence-corrected chi connectivity index (χ3v) is 4.35. The Labute approximate surface area is 165 Å². The Morgan fingerprint density at radius 1 is 0.536 bits per heavy atom. The van der Waals surface area contributed by atoms with Crippen LogP contribution in [0.3, 0.4) is 0 Å². The van der Waals surface area contributed by atoms with Crippen LogP contribution in [-0.4, -0.2) is 35.7 Å². The molecule has 0 bridgehead atoms. The summed E-state index contributed by atoms with van der Waals surface area (Å²) in [6, 6.07) is 22.6. The monoisotopic (exact) mass is 372 g/mol. The molecular formula is C24H24N2O2. The van der Waals surface area contributed by atoms with Gasteiger partial charge in [0.25, 0.3) is 0 Å². The third-order valence-electron chi connectivity index (χ3n) is 4.35. The summed E-state index contributed by atoms with van der Waals surface area (Å²) in [5.74, 6) is 0.576. The van der Waals surface area contributed by atoms with Gasteiger partial charge in [-0.1, -0.05) is 48.5 Å². The van der Waals surface area contributed by atoms with Crippen molar-refractivity contribution >= 4 is 12.4 Å². The normalized spacial score (nSPS) is 11.4. The molecule has 3 rings (SSSR count). The van der Waals surface area contributed by atoms with Crippen molar-refractivity contribution in [3.8, 4) is 11.5 Å². The van der Waals surface area contributed by atoms with E-state index in [1.54, 1.807) is 24.3 Å². The number of hydrogen-bond acceptors (Lipinski definition) is 4. The lowest BCUT2D eigenvalue weighted by Crippen LogP contribution is -1.92. The molecule has 0 unspecified atom stereocenters. The molecular weight excluding hydrogens is 348 g/mol. The minimum absolute atomic E-state index is 0.288. The molecule has 0 saturated heterocycles. The Morgan fingerprint density at radius 3 is 1.25 bits per heavy atom. The van der Waals surface area contributed by atoms with Crippen LogP contribution in [-0.2, 0) is 12.8 Å². The summed E-state index contributed by atoms with van der Waals surface area (Å²) in [4.78, 5) is 8.93. The number of nitrogens with zero attached hydrogens (tertiary/aromatic N) is 2. The molecule has 4 heteroatoms. The van der Waals surface area contributed by atoms with Gasteiger partial charge in [0.15, 0.2) is 0 Å². The minimum atomic E-state index is 0.288. The van der Waals surface area contributed by atoms with Gasteiger partial charge in [0, 0.05) is 25.5 Å². The van der Waals surface area contributed by atoms with E-state index in [0.29, 0.717) is 13.1 Å². The van der Waals surface area contributed by atoms with E-state index in [2.05, 4.69) is 9.98 Å². The standard InChI is InChI=1S/C24H24N2O2/c27-23-9-5-19(6-10-23)13-15-25-17-21-1-2-22(4-3-21)18-26-16-14-20-7-11-24(28)12-8-20/h1-12,17-18,27-28H,13-16H2. The fourth-order valence-electron chi connectivity index (χ4n) is 2.72. The highest BCUT2D eigenvalue weighted by Crippen LogP contribution is 2.11. The van der Waals surface area contributed by atoms with Crippen molar-refractivity contribution in [2.24, 2.45) is 9.98 Å². The number of phenolic OH excluding ortho intramolecular Hbond substituents is 2. The highest BCUT2D eigenvalue weighted by molar-refractivity contribution is 5.84. The predicted octanol–water partition coefficient (Wildman–Crippen LogP) is 4.42. The van der Waals surface area contributed by atoms with E-state index in [4.69, 9.17) is 0 Å². The molecule has 4 nitrogen and oxygen atoms in total. The van der Waals surface area contributed by atoms with E-state index < -0.39 is 0 Å². The molecule has 0 aliphatic rings. The summed E-state index contributed by atoms with van der Waals surface area (Å²) in [7, 11) is 0. The van der Waals surface area contributed by atoms with Gasteiger partial charge in [-0.2, -0.15) is 0 Å². The largest absolute Gasteiger partial charge is 0.508 e. The van der Waals surface area contributed by atoms with E-state index in [1.807, 2.05) is 61.0 Å². The maximum absolute atomic E-state index is 9.28. The fraction of sp³-hybridized carbons (Fsp3) is 0.167. The molecule has 0 amide bonds. The summed E-state index contributed by atoms with van der Waals surface area (Å²) in [6.45, 7) is 1.43. The molecule has 0 saturated carbocycles. The number of aliphatic imine (C=N–C) groups is 2. The van der Waals surface area contributed by atoms with Gasteiger partial charge < -0.3 is 10.2 Å². The van der Waals surface area contributed by atoms with Crippen molar-refractivity contribution in [1.82, 2.24) is 0 Å². The molecule has 142 valence electrons. The summed E-state index contributed by atoms with van der Waals surface area (Å²) in [5, 5.41) is 18.6. The molecule has 3 aromatic carbocycles. The maximum atomic E-state index is 9.28. The van der Waals surface area contributed by atoms with Crippen LogP contribution in [0.1, 0.15) is 22.3 Å². The summed E-state index contributed by atoms with van der Waals surface area (Å²) >= 11 is 0. The zero-order valence-electron chi connectivity index (χ0n) is 15.7. The average molecular weight is 372 g/mol. The van der Waals surface area contributed by atoms with Crippen LogP contribution in [0, 0.1) is 0 Å². The Hall–Kier alpha value is -3.40. The molecule has 0 aliphatic heterocycles. The SMILES string of the molecule is Oc1ccc(CCN=Cc2ccc(C=NCCc3ccc(O)cc3)cc2)cc1. The zero-order valence-corrected chi connectivity index (χ0v) is 15.7. The van der Waals surface area contributed by atoms with E-state index in [1.165, 1.54) is 0 Å². The molecule has 0 aromatic heterocycles. The van der Waals surface area contributed by atoms with E-state index in [9.17, 15) is 10.2 Å². The lowest BCUT2D eigenvalue weighted by Gasteiger charge is -1.99. The minimum Gasteiger partial charge on any atom is -0.508 e. The highest BCUT2D eigenvalue weighted by Gasteiger charge is 1.94. The van der Waals surface area contributed by atoms with Crippen LogP contribution in [0.15, 0.2) is 82.8 Å². The van der Waals surface area contributed by atoms with E-state index in [0.717, 1.165) is 35.1 Å². The van der Waals surface area contributed by atoms with Crippen molar-refractivity contribution in [2.75, 3.05) is 13.1 Å². The molecule has 0 fully saturated rings. The molecule has 2 N–H and O–H groups in total. The second kappa shape index (κ2) is 10.1. The first-order valence-corrected chi connectivity index (χ1v) is 9.34. The second-order valence-corrected chi connectivity index (χ2v) is 6.57. The van der Waals surface area contributed by atoms with Crippen molar-refractivity contribution in [3.63, 3.8) is 0 Å². The number of hydrogen-bond donors (Lipinski definition) is 2. The summed E-state index contributed by atoms with van der Waals surface area (Å²) < 4.78 is 0. The van der Waals surface area contributed by atoms with Crippen LogP contribution in [0.5, 0.6) is 11.5 Å². The lowest BCUT2D eigenvalue weighted by molar-refractivity contribution is 0.474. The number of phenols is 2. The van der Waals surface area contributed by atoms with Gasteiger partial charge in [0.05, 0.1) is 0 Å². The lowest BCUT2D eigenvalue weighted by atomic mass is 10.1. The second-order valence-electron chi connectivity index (χ2n) is 6.57. The van der Waals surface area contributed by atoms with Gasteiger partial charge in [-0.15, -0.1) is 0 Å². The van der Waals surface area contributed by atoms with Gasteiger partial charge in [0.2, 0.25) is 0 Å². The quantitative estimate of drug-likeness (QED) is 0.575. The number of aromatic hydroxyl groups is 2. The van der Waals surface area contributed by atoms with Crippen molar-refractivity contribution < 1.29 is 10.2 Å². The molecule has 0 radical (unpaired) electrons. The van der Waals surface area contributed by atoms with Crippen molar-refractivity contribution in [2.45, 2.75) is 12.8 Å². The Balaban J connectivity index is 1.42. The van der Waals surface area contributed by atoms with Crippen LogP contribution in [0.2, 0.25) is 0 Å². The first kappa shape index (κ1) is 19.4. The van der Waals surface area contributed by atoms with Gasteiger partial charge in [-0.3, -0.25) is 9.98 Å². The predicted molar refractivity (Wildman–Crippen MR) is 115 cm³/mol. The van der Waals surface area contributed by atoms with Crippen molar-refractivity contribution in [3.05, 3.63) is 95.1 Å². The van der Waals surface area contributed by atoms with E-state index >= 15 is 0 Å². The third kappa shape index (κ3) is 6.40. The van der Waals surface area contributed by atoms with Crippen molar-refractivity contribution in [1.29, 1.82) is 0 Å². The van der Waals surface area contributed by atoms with Gasteiger partial charge >= 0.3 is 0 Å². The molecule has 0 atom stereocenters. The smallest absolute Gasteiger partial charge is 0.115 e. The molecule has 3 aromatic rings. The van der Waals surface area contributed by atoms with Gasteiger partial charge in [-0.05, 0) is 59.4 Å². The topological polar surface area (TPSA) is 65.2 Å². The average Bonchev–Trinajstić information content (AvgIpc) is 2.72. The summed E-state index contributed by atoms with van der Waals surface area (Å²) in [6.07, 6.45) is 5.46. The highest BCUT2D eigenvalue weighted by atomic mass is 16.3. The Bertz CT molecular complexity index is 834. The first-order chi connectivity index (χ1) is 13.7. The molecule has 0 heterocycles.